The maximum Gasteiger partial charge on any atom is 0.143 e. The quantitative estimate of drug-likeness (QED) is 0.388. The summed E-state index contributed by atoms with van der Waals surface area (Å²) in [6.07, 6.45) is 0. The van der Waals surface area contributed by atoms with Crippen molar-refractivity contribution in [1.82, 2.24) is 0 Å². The van der Waals surface area contributed by atoms with Crippen LogP contribution in [0.25, 0.3) is 0 Å². The number of rotatable bonds is 2. The molecule has 0 unspecified atom stereocenters. The smallest absolute Gasteiger partial charge is 0.143 e. The average Bonchev–Trinajstić information content (AvgIpc) is 2.12. The molecule has 0 spiro atoms. The van der Waals surface area contributed by atoms with E-state index in [1.807, 2.05) is 13.0 Å². The van der Waals surface area contributed by atoms with E-state index in [9.17, 15) is 5.11 Å². The van der Waals surface area contributed by atoms with Gasteiger partial charge in [0.25, 0.3) is 0 Å². The van der Waals surface area contributed by atoms with Crippen molar-refractivity contribution in [2.75, 3.05) is 12.3 Å². The molecule has 4 heteroatoms. The molecule has 0 fully saturated rings. The van der Waals surface area contributed by atoms with E-state index < -0.39 is 0 Å². The van der Waals surface area contributed by atoms with E-state index in [1.54, 1.807) is 6.07 Å². The number of nitrogens with two attached hydrogens (primary N) is 3. The first-order valence-electron chi connectivity index (χ1n) is 4.11. The Labute approximate surface area is 77.3 Å². The number of hydrogen-bond donors (Lipinski definition) is 4. The van der Waals surface area contributed by atoms with Gasteiger partial charge in [-0.2, -0.15) is 0 Å². The van der Waals surface area contributed by atoms with Crippen molar-refractivity contribution in [3.8, 4) is 5.75 Å². The summed E-state index contributed by atoms with van der Waals surface area (Å²) in [5, 5.41) is 9.62. The first kappa shape index (κ1) is 9.83. The molecular formula is C9H15N3O. The van der Waals surface area contributed by atoms with Crippen molar-refractivity contribution in [2.24, 2.45) is 11.5 Å². The van der Waals surface area contributed by atoms with E-state index in [4.69, 9.17) is 17.2 Å². The Kier molecular flexibility index (Phi) is 2.75. The van der Waals surface area contributed by atoms with Gasteiger partial charge in [-0.15, -0.1) is 0 Å². The Balaban J connectivity index is 3.25. The lowest BCUT2D eigenvalue weighted by Crippen LogP contribution is -2.22. The van der Waals surface area contributed by atoms with Crippen LogP contribution >= 0.6 is 0 Å². The predicted molar refractivity (Wildman–Crippen MR) is 53.2 cm³/mol. The van der Waals surface area contributed by atoms with E-state index in [1.165, 1.54) is 0 Å². The molecule has 0 radical (unpaired) electrons. The summed E-state index contributed by atoms with van der Waals surface area (Å²) in [5.41, 5.74) is 18.6. The molecule has 0 heterocycles. The van der Waals surface area contributed by atoms with E-state index in [0.717, 1.165) is 5.56 Å². The van der Waals surface area contributed by atoms with Crippen LogP contribution in [0, 0.1) is 6.92 Å². The van der Waals surface area contributed by atoms with Gasteiger partial charge in [0.15, 0.2) is 0 Å². The molecule has 1 atom stereocenters. The molecule has 72 valence electrons. The van der Waals surface area contributed by atoms with Crippen LogP contribution in [-0.4, -0.2) is 11.7 Å². The minimum absolute atomic E-state index is 0.0537. The second kappa shape index (κ2) is 3.64. The minimum atomic E-state index is -0.358. The largest absolute Gasteiger partial charge is 0.505 e. The molecule has 13 heavy (non-hydrogen) atoms. The highest BCUT2D eigenvalue weighted by Crippen LogP contribution is 2.31. The third-order valence-electron chi connectivity index (χ3n) is 2.09. The summed E-state index contributed by atoms with van der Waals surface area (Å²) < 4.78 is 0. The molecule has 0 bridgehead atoms. The minimum Gasteiger partial charge on any atom is -0.505 e. The van der Waals surface area contributed by atoms with E-state index in [0.29, 0.717) is 11.3 Å². The Morgan fingerprint density at radius 3 is 2.62 bits per heavy atom. The molecule has 0 aliphatic heterocycles. The second-order valence-corrected chi connectivity index (χ2v) is 3.08. The number of hydrogen-bond acceptors (Lipinski definition) is 4. The second-order valence-electron chi connectivity index (χ2n) is 3.08. The van der Waals surface area contributed by atoms with Gasteiger partial charge >= 0.3 is 0 Å². The fourth-order valence-electron chi connectivity index (χ4n) is 1.31. The molecule has 0 aliphatic carbocycles. The number of phenolic OH excluding ortho intramolecular Hbond substituents is 1. The van der Waals surface area contributed by atoms with Crippen LogP contribution in [-0.2, 0) is 0 Å². The van der Waals surface area contributed by atoms with Crippen LogP contribution in [0.1, 0.15) is 17.2 Å². The monoisotopic (exact) mass is 181 g/mol. The molecule has 0 aromatic heterocycles. The van der Waals surface area contributed by atoms with E-state index >= 15 is 0 Å². The van der Waals surface area contributed by atoms with Gasteiger partial charge < -0.3 is 22.3 Å². The lowest BCUT2D eigenvalue weighted by atomic mass is 10.00. The Bertz CT molecular complexity index is 312. The number of nitrogen functional groups attached to an aromatic ring is 1. The lowest BCUT2D eigenvalue weighted by Gasteiger charge is -2.15. The average molecular weight is 181 g/mol. The van der Waals surface area contributed by atoms with Crippen molar-refractivity contribution in [1.29, 1.82) is 0 Å². The SMILES string of the molecule is Cc1ccc(N)c(O)c1[C@H](N)CN. The van der Waals surface area contributed by atoms with Gasteiger partial charge in [0, 0.05) is 18.2 Å². The van der Waals surface area contributed by atoms with Crippen LogP contribution in [0.5, 0.6) is 5.75 Å². The van der Waals surface area contributed by atoms with Crippen molar-refractivity contribution in [2.45, 2.75) is 13.0 Å². The van der Waals surface area contributed by atoms with Crippen LogP contribution < -0.4 is 17.2 Å². The molecule has 0 amide bonds. The first-order chi connectivity index (χ1) is 6.07. The maximum absolute atomic E-state index is 9.62. The summed E-state index contributed by atoms with van der Waals surface area (Å²) in [5.74, 6) is 0.0537. The number of benzene rings is 1. The first-order valence-corrected chi connectivity index (χ1v) is 4.11. The van der Waals surface area contributed by atoms with Crippen molar-refractivity contribution in [3.05, 3.63) is 23.3 Å². The number of phenols is 1. The molecule has 1 aromatic carbocycles. The Morgan fingerprint density at radius 1 is 1.46 bits per heavy atom. The summed E-state index contributed by atoms with van der Waals surface area (Å²) in [6, 6.07) is 3.11. The highest BCUT2D eigenvalue weighted by atomic mass is 16.3. The Hall–Kier alpha value is -1.26. The third kappa shape index (κ3) is 1.74. The molecule has 7 N–H and O–H groups in total. The highest BCUT2D eigenvalue weighted by Gasteiger charge is 2.13. The summed E-state index contributed by atoms with van der Waals surface area (Å²) in [7, 11) is 0. The molecule has 0 saturated heterocycles. The van der Waals surface area contributed by atoms with Crippen molar-refractivity contribution < 1.29 is 5.11 Å². The van der Waals surface area contributed by atoms with Gasteiger partial charge in [-0.25, -0.2) is 0 Å². The van der Waals surface area contributed by atoms with Gasteiger partial charge in [-0.05, 0) is 18.6 Å². The van der Waals surface area contributed by atoms with Crippen molar-refractivity contribution >= 4 is 5.69 Å². The van der Waals surface area contributed by atoms with Crippen LogP contribution in [0.4, 0.5) is 5.69 Å². The van der Waals surface area contributed by atoms with E-state index in [2.05, 4.69) is 0 Å². The van der Waals surface area contributed by atoms with Gasteiger partial charge in [-0.1, -0.05) is 6.07 Å². The zero-order valence-electron chi connectivity index (χ0n) is 7.62. The van der Waals surface area contributed by atoms with Gasteiger partial charge in [-0.3, -0.25) is 0 Å². The van der Waals surface area contributed by atoms with Crippen LogP contribution in [0.2, 0.25) is 0 Å². The molecular weight excluding hydrogens is 166 g/mol. The molecule has 0 saturated carbocycles. The molecule has 0 aliphatic rings. The topological polar surface area (TPSA) is 98.3 Å². The lowest BCUT2D eigenvalue weighted by molar-refractivity contribution is 0.464. The fourth-order valence-corrected chi connectivity index (χ4v) is 1.31. The zero-order chi connectivity index (χ0) is 10.0. The standard InChI is InChI=1S/C9H15N3O/c1-5-2-3-6(11)9(13)8(5)7(12)4-10/h2-3,7,13H,4,10-12H2,1H3/t7-/m1/s1. The molecule has 1 aromatic rings. The summed E-state index contributed by atoms with van der Waals surface area (Å²) >= 11 is 0. The number of anilines is 1. The fraction of sp³-hybridized carbons (Fsp3) is 0.333. The highest BCUT2D eigenvalue weighted by molar-refractivity contribution is 5.59. The zero-order valence-corrected chi connectivity index (χ0v) is 7.62. The number of aryl methyl sites for hydroxylation is 1. The third-order valence-corrected chi connectivity index (χ3v) is 2.09. The predicted octanol–water partition coefficient (Wildman–Crippen LogP) is 0.241. The molecule has 1 rings (SSSR count). The normalized spacial score (nSPS) is 12.8. The number of aromatic hydroxyl groups is 1. The van der Waals surface area contributed by atoms with Gasteiger partial charge in [0.2, 0.25) is 0 Å². The maximum atomic E-state index is 9.62. The van der Waals surface area contributed by atoms with Gasteiger partial charge in [0.05, 0.1) is 5.69 Å². The summed E-state index contributed by atoms with van der Waals surface area (Å²) in [6.45, 7) is 2.15. The Morgan fingerprint density at radius 2 is 2.08 bits per heavy atom. The van der Waals surface area contributed by atoms with Crippen LogP contribution in [0.3, 0.4) is 0 Å². The van der Waals surface area contributed by atoms with Crippen molar-refractivity contribution in [3.63, 3.8) is 0 Å². The summed E-state index contributed by atoms with van der Waals surface area (Å²) in [4.78, 5) is 0. The van der Waals surface area contributed by atoms with Crippen LogP contribution in [0.15, 0.2) is 12.1 Å². The van der Waals surface area contributed by atoms with Gasteiger partial charge in [0.1, 0.15) is 5.75 Å². The van der Waals surface area contributed by atoms with E-state index in [-0.39, 0.29) is 18.3 Å². The molecule has 4 nitrogen and oxygen atoms in total.